The quantitative estimate of drug-likeness (QED) is 0.233. The van der Waals surface area contributed by atoms with Crippen LogP contribution in [0.25, 0.3) is 17.0 Å². The molecule has 5 nitrogen and oxygen atoms in total. The molecule has 1 saturated heterocycles. The van der Waals surface area contributed by atoms with Crippen LogP contribution in [-0.2, 0) is 0 Å². The van der Waals surface area contributed by atoms with Crippen LogP contribution < -0.4 is 15.5 Å². The van der Waals surface area contributed by atoms with Gasteiger partial charge >= 0.3 is 0 Å². The average Bonchev–Trinajstić information content (AvgIpc) is 3.91. The summed E-state index contributed by atoms with van der Waals surface area (Å²) in [7, 11) is 0. The number of benzene rings is 2. The molecule has 3 aromatic rings. The molecule has 0 amide bonds. The number of anilines is 1. The average molecular weight is 813 g/mol. The maximum atomic E-state index is 7.43. The van der Waals surface area contributed by atoms with Gasteiger partial charge in [-0.2, -0.15) is 0 Å². The van der Waals surface area contributed by atoms with Crippen molar-refractivity contribution in [2.75, 3.05) is 4.90 Å². The summed E-state index contributed by atoms with van der Waals surface area (Å²) >= 11 is 0. The van der Waals surface area contributed by atoms with Gasteiger partial charge in [-0.05, 0) is 122 Å². The maximum absolute atomic E-state index is 7.43. The number of nitrogens with zero attached hydrogens (tertiary/aromatic N) is 2. The zero-order valence-corrected chi connectivity index (χ0v) is 35.6. The zero-order valence-electron chi connectivity index (χ0n) is 35.6. The van der Waals surface area contributed by atoms with Gasteiger partial charge in [0.05, 0.1) is 6.17 Å². The van der Waals surface area contributed by atoms with E-state index in [-0.39, 0.29) is 36.1 Å². The lowest BCUT2D eigenvalue weighted by molar-refractivity contribution is 0.246. The predicted octanol–water partition coefficient (Wildman–Crippen LogP) is 13.2. The summed E-state index contributed by atoms with van der Waals surface area (Å²) in [4.78, 5) is 8.05. The van der Waals surface area contributed by atoms with Gasteiger partial charge in [0.2, 0.25) is 0 Å². The Bertz CT molecular complexity index is 2720. The van der Waals surface area contributed by atoms with Crippen molar-refractivity contribution < 1.29 is 4.42 Å². The van der Waals surface area contributed by atoms with Gasteiger partial charge in [0.1, 0.15) is 29.4 Å². The first-order valence-electron chi connectivity index (χ1n) is 23.5. The molecule has 7 unspecified atom stereocenters. The maximum Gasteiger partial charge on any atom is 0.138 e. The number of rotatable bonds is 7. The highest BCUT2D eigenvalue weighted by atomic mass is 16.3. The number of hydrogen-bond acceptors (Lipinski definition) is 5. The van der Waals surface area contributed by atoms with E-state index < -0.39 is 0 Å². The Hall–Kier alpha value is -5.91. The van der Waals surface area contributed by atoms with E-state index in [4.69, 9.17) is 9.41 Å². The number of furan rings is 1. The minimum atomic E-state index is -0.0462. The molecule has 62 heavy (non-hydrogen) atoms. The lowest BCUT2D eigenvalue weighted by Crippen LogP contribution is -2.60. The van der Waals surface area contributed by atoms with E-state index in [0.717, 1.165) is 87.8 Å². The van der Waals surface area contributed by atoms with Crippen LogP contribution >= 0.6 is 0 Å². The Kier molecular flexibility index (Phi) is 9.81. The summed E-state index contributed by atoms with van der Waals surface area (Å²) in [5.74, 6) is 2.96. The number of hydrogen-bond donors (Lipinski definition) is 2. The molecule has 7 atom stereocenters. The zero-order chi connectivity index (χ0) is 41.0. The van der Waals surface area contributed by atoms with Crippen molar-refractivity contribution >= 4 is 28.6 Å². The SMILES string of the molecule is C1=CCCC(C2=NC(C3CC=CCC3)NC(C3C=C(C4=C(C5=CCCC=C5)CCC=C4)C=CC3c3cccc4c5c(oc34)C3C(C=C5)C4=CCCC=C4N3c3ccccc3)N2)=C1. The van der Waals surface area contributed by atoms with Gasteiger partial charge in [-0.25, -0.2) is 4.99 Å². The molecule has 5 heteroatoms. The molecule has 2 N–H and O–H groups in total. The van der Waals surface area contributed by atoms with Gasteiger partial charge < -0.3 is 14.6 Å². The third kappa shape index (κ3) is 6.59. The van der Waals surface area contributed by atoms with Crippen molar-refractivity contribution in [2.45, 2.75) is 94.9 Å². The first-order valence-corrected chi connectivity index (χ1v) is 23.5. The second-order valence-electron chi connectivity index (χ2n) is 18.4. The van der Waals surface area contributed by atoms with E-state index in [1.807, 2.05) is 0 Å². The second kappa shape index (κ2) is 16.1. The van der Waals surface area contributed by atoms with Gasteiger partial charge in [0.25, 0.3) is 0 Å². The smallest absolute Gasteiger partial charge is 0.138 e. The largest absolute Gasteiger partial charge is 0.458 e. The molecule has 9 aliphatic rings. The fourth-order valence-electron chi connectivity index (χ4n) is 11.8. The van der Waals surface area contributed by atoms with Crippen LogP contribution in [0, 0.1) is 17.8 Å². The molecule has 310 valence electrons. The Labute approximate surface area is 366 Å². The summed E-state index contributed by atoms with van der Waals surface area (Å²) in [6.07, 6.45) is 52.6. The molecule has 2 aliphatic heterocycles. The first-order chi connectivity index (χ1) is 30.8. The van der Waals surface area contributed by atoms with Crippen molar-refractivity contribution in [3.05, 3.63) is 202 Å². The number of aliphatic imine (C=N–C) groups is 1. The van der Waals surface area contributed by atoms with Gasteiger partial charge in [-0.15, -0.1) is 0 Å². The van der Waals surface area contributed by atoms with Gasteiger partial charge in [-0.3, -0.25) is 5.32 Å². The first kappa shape index (κ1) is 37.8. The molecule has 0 saturated carbocycles. The number of fused-ring (bicyclic) bond motifs is 7. The van der Waals surface area contributed by atoms with Crippen molar-refractivity contribution in [1.82, 2.24) is 10.6 Å². The molecule has 12 rings (SSSR count). The van der Waals surface area contributed by atoms with Crippen molar-refractivity contribution in [1.29, 1.82) is 0 Å². The summed E-state index contributed by atoms with van der Waals surface area (Å²) in [6.45, 7) is 0. The number of allylic oxidation sites excluding steroid dienone is 19. The van der Waals surface area contributed by atoms with Crippen LogP contribution in [0.1, 0.15) is 99.5 Å². The lowest BCUT2D eigenvalue weighted by Gasteiger charge is -2.42. The van der Waals surface area contributed by atoms with Crippen LogP contribution in [0.15, 0.2) is 194 Å². The summed E-state index contributed by atoms with van der Waals surface area (Å²) in [5, 5.41) is 9.43. The van der Waals surface area contributed by atoms with Crippen LogP contribution in [0.5, 0.6) is 0 Å². The molecule has 1 fully saturated rings. The van der Waals surface area contributed by atoms with Crippen molar-refractivity contribution in [2.24, 2.45) is 22.7 Å². The lowest BCUT2D eigenvalue weighted by atomic mass is 9.75. The van der Waals surface area contributed by atoms with E-state index in [2.05, 4.69) is 167 Å². The fourth-order valence-corrected chi connectivity index (χ4v) is 11.8. The summed E-state index contributed by atoms with van der Waals surface area (Å²) < 4.78 is 7.43. The third-order valence-electron chi connectivity index (χ3n) is 14.8. The topological polar surface area (TPSA) is 52.8 Å². The Balaban J connectivity index is 0.992. The number of nitrogens with one attached hydrogen (secondary N) is 2. The molecule has 0 spiro atoms. The predicted molar refractivity (Wildman–Crippen MR) is 255 cm³/mol. The minimum Gasteiger partial charge on any atom is -0.458 e. The van der Waals surface area contributed by atoms with E-state index in [1.165, 1.54) is 61.3 Å². The van der Waals surface area contributed by atoms with Gasteiger partial charge in [0, 0.05) is 45.7 Å². The van der Waals surface area contributed by atoms with Crippen molar-refractivity contribution in [3.63, 3.8) is 0 Å². The van der Waals surface area contributed by atoms with Gasteiger partial charge in [0.15, 0.2) is 0 Å². The minimum absolute atomic E-state index is 0.0329. The molecule has 7 aliphatic carbocycles. The highest BCUT2D eigenvalue weighted by Crippen LogP contribution is 2.56. The summed E-state index contributed by atoms with van der Waals surface area (Å²) in [5.41, 5.74) is 14.3. The van der Waals surface area contributed by atoms with E-state index in [0.29, 0.717) is 5.92 Å². The Morgan fingerprint density at radius 3 is 2.48 bits per heavy atom. The number of amidine groups is 1. The number of para-hydroxylation sites is 2. The molecular weight excluding hydrogens is 757 g/mol. The van der Waals surface area contributed by atoms with Crippen LogP contribution in [0.2, 0.25) is 0 Å². The molecule has 3 heterocycles. The second-order valence-corrected chi connectivity index (χ2v) is 18.4. The van der Waals surface area contributed by atoms with E-state index in [9.17, 15) is 0 Å². The summed E-state index contributed by atoms with van der Waals surface area (Å²) in [6, 6.07) is 17.9. The third-order valence-corrected chi connectivity index (χ3v) is 14.8. The molecule has 0 radical (unpaired) electrons. The van der Waals surface area contributed by atoms with Crippen molar-refractivity contribution in [3.8, 4) is 0 Å². The van der Waals surface area contributed by atoms with Crippen LogP contribution in [0.4, 0.5) is 5.69 Å². The fraction of sp³-hybridized carbons (Fsp3) is 0.316. The standard InChI is InChI=1S/C57H56N4O/c1-5-18-37(19-6-1)42-26-13-14-27-43(42)40-32-33-44(50(36-40)57-59-55(38-20-7-2-8-21-38)58-56(60-57)39-22-9-3-10-23-39)47-29-17-30-48-49-35-34-46-45-28-15-16-31-51(45)61(41-24-11-4-12-25-41)52(46)54(49)62-53(47)48/h2-5,7,9,11-12,14,17-20,24-25,27-36,39,44,46,50,52,56-57,60H,1,6,8,10,13,15-16,21-23,26H2,(H,58,59). The van der Waals surface area contributed by atoms with Crippen LogP contribution in [0.3, 0.4) is 0 Å². The highest BCUT2D eigenvalue weighted by Gasteiger charge is 2.47. The highest BCUT2D eigenvalue weighted by molar-refractivity contribution is 5.99. The van der Waals surface area contributed by atoms with E-state index >= 15 is 0 Å². The van der Waals surface area contributed by atoms with Gasteiger partial charge in [-0.1, -0.05) is 140 Å². The Morgan fingerprint density at radius 1 is 0.726 bits per heavy atom. The molecule has 0 bridgehead atoms. The van der Waals surface area contributed by atoms with E-state index in [1.54, 1.807) is 0 Å². The van der Waals surface area contributed by atoms with Crippen LogP contribution in [-0.4, -0.2) is 18.2 Å². The monoisotopic (exact) mass is 812 g/mol. The molecular formula is C57H56N4O. The molecule has 2 aromatic carbocycles. The normalized spacial score (nSPS) is 29.9. The molecule has 1 aromatic heterocycles. The Morgan fingerprint density at radius 2 is 1.61 bits per heavy atom.